The van der Waals surface area contributed by atoms with Crippen LogP contribution < -0.4 is 10.6 Å². The van der Waals surface area contributed by atoms with Crippen LogP contribution in [0.15, 0.2) is 18.1 Å². The quantitative estimate of drug-likeness (QED) is 0.697. The first-order chi connectivity index (χ1) is 7.25. The normalized spacial score (nSPS) is 16.2. The summed E-state index contributed by atoms with van der Waals surface area (Å²) in [5, 5.41) is 11.3. The number of anilines is 1. The minimum atomic E-state index is -0.313. The van der Waals surface area contributed by atoms with E-state index < -0.39 is 0 Å². The molecule has 3 N–H and O–H groups in total. The smallest absolute Gasteiger partial charge is 0.314 e. The highest BCUT2D eigenvalue weighted by Gasteiger charge is 2.22. The molecule has 0 spiro atoms. The Morgan fingerprint density at radius 2 is 2.47 bits per heavy atom. The summed E-state index contributed by atoms with van der Waals surface area (Å²) < 4.78 is 0. The molecule has 6 nitrogen and oxygen atoms in total. The van der Waals surface area contributed by atoms with Crippen molar-refractivity contribution in [2.45, 2.75) is 19.8 Å². The fraction of sp³-hybridized carbons (Fsp3) is 0.444. The van der Waals surface area contributed by atoms with Crippen LogP contribution in [-0.4, -0.2) is 21.2 Å². The van der Waals surface area contributed by atoms with Crippen molar-refractivity contribution < 1.29 is 4.79 Å². The predicted molar refractivity (Wildman–Crippen MR) is 55.0 cm³/mol. The summed E-state index contributed by atoms with van der Waals surface area (Å²) in [6, 6.07) is -0.313. The summed E-state index contributed by atoms with van der Waals surface area (Å²) in [4.78, 5) is 15.1. The summed E-state index contributed by atoms with van der Waals surface area (Å²) >= 11 is 0. The lowest BCUT2D eigenvalue weighted by molar-refractivity contribution is 0.255. The van der Waals surface area contributed by atoms with E-state index in [0.717, 1.165) is 0 Å². The number of hydrogen-bond acceptors (Lipinski definition) is 3. The highest BCUT2D eigenvalue weighted by atomic mass is 16.2. The SMILES string of the molecule is C/C(=C\NC(=O)Nc1ncn[nH]1)C1CC1. The Labute approximate surface area is 87.2 Å². The van der Waals surface area contributed by atoms with Crippen molar-refractivity contribution in [3.05, 3.63) is 18.1 Å². The monoisotopic (exact) mass is 207 g/mol. The van der Waals surface area contributed by atoms with E-state index in [-0.39, 0.29) is 6.03 Å². The number of rotatable bonds is 3. The van der Waals surface area contributed by atoms with Crippen molar-refractivity contribution in [1.29, 1.82) is 0 Å². The molecule has 0 bridgehead atoms. The number of hydrogen-bond donors (Lipinski definition) is 3. The molecule has 1 aliphatic rings. The second kappa shape index (κ2) is 4.12. The van der Waals surface area contributed by atoms with Crippen LogP contribution in [0.5, 0.6) is 0 Å². The number of nitrogens with zero attached hydrogens (tertiary/aromatic N) is 2. The number of urea groups is 1. The van der Waals surface area contributed by atoms with E-state index in [0.29, 0.717) is 11.9 Å². The van der Waals surface area contributed by atoms with Crippen LogP contribution in [0.2, 0.25) is 0 Å². The molecule has 0 saturated heterocycles. The maximum atomic E-state index is 11.3. The number of aromatic nitrogens is 3. The molecular formula is C9H13N5O. The molecule has 2 rings (SSSR count). The van der Waals surface area contributed by atoms with Crippen LogP contribution in [0.4, 0.5) is 10.7 Å². The van der Waals surface area contributed by atoms with Gasteiger partial charge in [-0.25, -0.2) is 9.89 Å². The second-order valence-electron chi connectivity index (χ2n) is 3.60. The van der Waals surface area contributed by atoms with Crippen molar-refractivity contribution >= 4 is 12.0 Å². The number of carbonyl (C=O) groups excluding carboxylic acids is 1. The molecule has 1 aliphatic carbocycles. The minimum Gasteiger partial charge on any atom is -0.314 e. The van der Waals surface area contributed by atoms with Gasteiger partial charge in [0.2, 0.25) is 5.95 Å². The van der Waals surface area contributed by atoms with Gasteiger partial charge in [-0.2, -0.15) is 10.1 Å². The highest BCUT2D eigenvalue weighted by Crippen LogP contribution is 2.35. The molecule has 0 aromatic carbocycles. The van der Waals surface area contributed by atoms with Crippen molar-refractivity contribution in [3.8, 4) is 0 Å². The van der Waals surface area contributed by atoms with Gasteiger partial charge in [-0.3, -0.25) is 5.32 Å². The van der Waals surface area contributed by atoms with Crippen LogP contribution in [-0.2, 0) is 0 Å². The van der Waals surface area contributed by atoms with Gasteiger partial charge in [-0.05, 0) is 25.7 Å². The molecule has 1 saturated carbocycles. The molecule has 1 aromatic heterocycles. The van der Waals surface area contributed by atoms with E-state index in [9.17, 15) is 4.79 Å². The Kier molecular flexibility index (Phi) is 2.66. The van der Waals surface area contributed by atoms with Gasteiger partial charge in [0.15, 0.2) is 0 Å². The maximum absolute atomic E-state index is 11.3. The third kappa shape index (κ3) is 2.80. The minimum absolute atomic E-state index is 0.313. The molecule has 80 valence electrons. The Balaban J connectivity index is 1.79. The molecule has 0 aliphatic heterocycles. The van der Waals surface area contributed by atoms with E-state index in [1.54, 1.807) is 6.20 Å². The average molecular weight is 207 g/mol. The van der Waals surface area contributed by atoms with E-state index in [1.165, 1.54) is 24.7 Å². The fourth-order valence-corrected chi connectivity index (χ4v) is 1.25. The van der Waals surface area contributed by atoms with Gasteiger partial charge >= 0.3 is 6.03 Å². The van der Waals surface area contributed by atoms with E-state index in [2.05, 4.69) is 25.8 Å². The van der Waals surface area contributed by atoms with Crippen LogP contribution >= 0.6 is 0 Å². The fourth-order valence-electron chi connectivity index (χ4n) is 1.25. The van der Waals surface area contributed by atoms with Crippen molar-refractivity contribution in [2.75, 3.05) is 5.32 Å². The first-order valence-corrected chi connectivity index (χ1v) is 4.85. The van der Waals surface area contributed by atoms with Gasteiger partial charge in [0, 0.05) is 6.20 Å². The molecular weight excluding hydrogens is 194 g/mol. The van der Waals surface area contributed by atoms with Gasteiger partial charge in [-0.1, -0.05) is 5.57 Å². The van der Waals surface area contributed by atoms with Gasteiger partial charge in [0.1, 0.15) is 6.33 Å². The summed E-state index contributed by atoms with van der Waals surface area (Å²) in [7, 11) is 0. The molecule has 0 atom stereocenters. The highest BCUT2D eigenvalue weighted by molar-refractivity contribution is 5.87. The Morgan fingerprint density at radius 3 is 3.07 bits per heavy atom. The molecule has 1 heterocycles. The number of carbonyl (C=O) groups is 1. The first kappa shape index (κ1) is 9.70. The predicted octanol–water partition coefficient (Wildman–Crippen LogP) is 1.24. The lowest BCUT2D eigenvalue weighted by Gasteiger charge is -2.01. The number of aromatic amines is 1. The van der Waals surface area contributed by atoms with Crippen molar-refractivity contribution in [3.63, 3.8) is 0 Å². The number of amides is 2. The molecule has 0 radical (unpaired) electrons. The Morgan fingerprint density at radius 1 is 1.67 bits per heavy atom. The largest absolute Gasteiger partial charge is 0.325 e. The molecule has 2 amide bonds. The van der Waals surface area contributed by atoms with Crippen LogP contribution in [0.25, 0.3) is 0 Å². The zero-order valence-corrected chi connectivity index (χ0v) is 8.45. The van der Waals surface area contributed by atoms with Gasteiger partial charge in [0.05, 0.1) is 0 Å². The van der Waals surface area contributed by atoms with Crippen molar-refractivity contribution in [1.82, 2.24) is 20.5 Å². The third-order valence-corrected chi connectivity index (χ3v) is 2.30. The lowest BCUT2D eigenvalue weighted by atomic mass is 10.2. The summed E-state index contributed by atoms with van der Waals surface area (Å²) in [6.45, 7) is 2.02. The van der Waals surface area contributed by atoms with Gasteiger partial charge in [-0.15, -0.1) is 0 Å². The van der Waals surface area contributed by atoms with E-state index in [4.69, 9.17) is 0 Å². The molecule has 1 fully saturated rings. The molecule has 1 aromatic rings. The maximum Gasteiger partial charge on any atom is 0.325 e. The summed E-state index contributed by atoms with van der Waals surface area (Å²) in [5.74, 6) is 1.00. The number of nitrogens with one attached hydrogen (secondary N) is 3. The standard InChI is InChI=1S/C9H13N5O/c1-6(7-2-3-7)4-10-9(15)13-8-11-5-12-14-8/h4-5,7H,2-3H2,1H3,(H3,10,11,12,13,14,15)/b6-4+. The Hall–Kier alpha value is -1.85. The third-order valence-electron chi connectivity index (χ3n) is 2.30. The van der Waals surface area contributed by atoms with Crippen LogP contribution in [0.3, 0.4) is 0 Å². The molecule has 6 heteroatoms. The zero-order valence-electron chi connectivity index (χ0n) is 8.45. The number of H-pyrrole nitrogens is 1. The molecule has 15 heavy (non-hydrogen) atoms. The zero-order chi connectivity index (χ0) is 10.7. The van der Waals surface area contributed by atoms with E-state index in [1.807, 2.05) is 6.92 Å². The lowest BCUT2D eigenvalue weighted by Crippen LogP contribution is -2.25. The second-order valence-corrected chi connectivity index (χ2v) is 3.60. The van der Waals surface area contributed by atoms with Gasteiger partial charge in [0.25, 0.3) is 0 Å². The van der Waals surface area contributed by atoms with Crippen LogP contribution in [0, 0.1) is 5.92 Å². The summed E-state index contributed by atoms with van der Waals surface area (Å²) in [6.07, 6.45) is 5.53. The van der Waals surface area contributed by atoms with E-state index >= 15 is 0 Å². The summed E-state index contributed by atoms with van der Waals surface area (Å²) in [5.41, 5.74) is 1.21. The average Bonchev–Trinajstić information content (AvgIpc) is 2.95. The van der Waals surface area contributed by atoms with Crippen molar-refractivity contribution in [2.24, 2.45) is 5.92 Å². The topological polar surface area (TPSA) is 82.7 Å². The first-order valence-electron chi connectivity index (χ1n) is 4.85. The Bertz CT molecular complexity index is 366. The molecule has 0 unspecified atom stereocenters. The van der Waals surface area contributed by atoms with Gasteiger partial charge < -0.3 is 5.32 Å². The van der Waals surface area contributed by atoms with Crippen LogP contribution in [0.1, 0.15) is 19.8 Å². The number of allylic oxidation sites excluding steroid dienone is 1.